The van der Waals surface area contributed by atoms with Crippen molar-refractivity contribution in [3.8, 4) is 10.7 Å². The van der Waals surface area contributed by atoms with Crippen molar-refractivity contribution in [3.63, 3.8) is 0 Å². The van der Waals surface area contributed by atoms with Crippen LogP contribution in [0, 0.1) is 6.92 Å². The van der Waals surface area contributed by atoms with Gasteiger partial charge in [0.1, 0.15) is 5.82 Å². The Balaban J connectivity index is 2.39. The van der Waals surface area contributed by atoms with Crippen molar-refractivity contribution in [2.45, 2.75) is 33.6 Å². The topological polar surface area (TPSA) is 75.1 Å². The van der Waals surface area contributed by atoms with Crippen LogP contribution in [0.2, 0.25) is 4.34 Å². The molecule has 0 unspecified atom stereocenters. The lowest BCUT2D eigenvalue weighted by Gasteiger charge is -2.14. The van der Waals surface area contributed by atoms with Crippen molar-refractivity contribution < 1.29 is 9.90 Å². The minimum Gasteiger partial charge on any atom is -0.481 e. The normalized spacial score (nSPS) is 12.1. The van der Waals surface area contributed by atoms with Crippen molar-refractivity contribution >= 4 is 34.7 Å². The standard InChI is InChI=1S/C20H22ClN3O2S/c1-5-14(8-7-12(3)11-18(25)26)23-19-15(6-2)13(4)22-20(24-19)16-9-10-17(21)27-16/h5,7-10H,1,6,11H2,2-4H3,(H,25,26)(H,22,23,24)/b12-7+,14-8+. The van der Waals surface area contributed by atoms with E-state index in [9.17, 15) is 4.79 Å². The number of aromatic nitrogens is 2. The lowest BCUT2D eigenvalue weighted by Crippen LogP contribution is -2.07. The van der Waals surface area contributed by atoms with E-state index < -0.39 is 5.97 Å². The molecule has 0 saturated carbocycles. The minimum atomic E-state index is -0.857. The summed E-state index contributed by atoms with van der Waals surface area (Å²) in [5.41, 5.74) is 3.38. The summed E-state index contributed by atoms with van der Waals surface area (Å²) in [5, 5.41) is 12.1. The quantitative estimate of drug-likeness (QED) is 0.558. The summed E-state index contributed by atoms with van der Waals surface area (Å²) in [7, 11) is 0. The fraction of sp³-hybridized carbons (Fsp3) is 0.250. The monoisotopic (exact) mass is 403 g/mol. The molecular weight excluding hydrogens is 382 g/mol. The Morgan fingerprint density at radius 1 is 1.37 bits per heavy atom. The lowest BCUT2D eigenvalue weighted by atomic mass is 10.1. The van der Waals surface area contributed by atoms with Gasteiger partial charge in [-0.15, -0.1) is 11.3 Å². The van der Waals surface area contributed by atoms with Crippen LogP contribution in [-0.4, -0.2) is 21.0 Å². The smallest absolute Gasteiger partial charge is 0.307 e. The van der Waals surface area contributed by atoms with Gasteiger partial charge in [0.15, 0.2) is 5.82 Å². The Labute approximate surface area is 168 Å². The van der Waals surface area contributed by atoms with E-state index in [2.05, 4.69) is 21.9 Å². The molecule has 0 aliphatic rings. The average molecular weight is 404 g/mol. The van der Waals surface area contributed by atoms with Gasteiger partial charge in [-0.3, -0.25) is 4.79 Å². The Bertz CT molecular complexity index is 916. The fourth-order valence-corrected chi connectivity index (χ4v) is 3.47. The van der Waals surface area contributed by atoms with Crippen LogP contribution in [0.4, 0.5) is 5.82 Å². The second-order valence-corrected chi connectivity index (χ2v) is 7.67. The number of aryl methyl sites for hydroxylation is 1. The number of nitrogens with zero attached hydrogens (tertiary/aromatic N) is 2. The number of anilines is 1. The highest BCUT2D eigenvalue weighted by Crippen LogP contribution is 2.31. The van der Waals surface area contributed by atoms with Gasteiger partial charge in [0.2, 0.25) is 0 Å². The van der Waals surface area contributed by atoms with E-state index in [1.807, 2.05) is 26.0 Å². The first-order valence-corrected chi connectivity index (χ1v) is 9.65. The molecule has 0 aliphatic heterocycles. The highest BCUT2D eigenvalue weighted by atomic mass is 35.5. The van der Waals surface area contributed by atoms with E-state index in [1.165, 1.54) is 11.3 Å². The summed E-state index contributed by atoms with van der Waals surface area (Å²) in [6, 6.07) is 3.73. The molecule has 0 radical (unpaired) electrons. The maximum Gasteiger partial charge on any atom is 0.307 e. The molecule has 0 saturated heterocycles. The predicted molar refractivity (Wildman–Crippen MR) is 112 cm³/mol. The summed E-state index contributed by atoms with van der Waals surface area (Å²) in [4.78, 5) is 21.0. The van der Waals surface area contributed by atoms with E-state index in [0.29, 0.717) is 16.0 Å². The summed E-state index contributed by atoms with van der Waals surface area (Å²) in [6.07, 6.45) is 6.00. The van der Waals surface area contributed by atoms with Gasteiger partial charge in [-0.1, -0.05) is 36.8 Å². The number of carboxylic acid groups (broad SMARTS) is 1. The van der Waals surface area contributed by atoms with Gasteiger partial charge in [-0.2, -0.15) is 0 Å². The van der Waals surface area contributed by atoms with E-state index >= 15 is 0 Å². The van der Waals surface area contributed by atoms with Crippen molar-refractivity contribution in [1.29, 1.82) is 0 Å². The number of hydrogen-bond acceptors (Lipinski definition) is 5. The summed E-state index contributed by atoms with van der Waals surface area (Å²) < 4.78 is 0.686. The van der Waals surface area contributed by atoms with Gasteiger partial charge in [0.05, 0.1) is 15.6 Å². The molecule has 0 fully saturated rings. The second kappa shape index (κ2) is 9.48. The third kappa shape index (κ3) is 5.77. The highest BCUT2D eigenvalue weighted by Gasteiger charge is 2.13. The number of carbonyl (C=O) groups is 1. The molecule has 0 amide bonds. The lowest BCUT2D eigenvalue weighted by molar-refractivity contribution is -0.136. The minimum absolute atomic E-state index is 0.00294. The molecule has 5 nitrogen and oxygen atoms in total. The molecule has 2 heterocycles. The molecule has 0 spiro atoms. The van der Waals surface area contributed by atoms with Gasteiger partial charge in [0, 0.05) is 17.0 Å². The zero-order valence-electron chi connectivity index (χ0n) is 15.5. The third-order valence-electron chi connectivity index (χ3n) is 3.82. The number of halogens is 1. The van der Waals surface area contributed by atoms with E-state index in [-0.39, 0.29) is 6.42 Å². The fourth-order valence-electron chi connectivity index (χ4n) is 2.49. The number of thiophene rings is 1. The summed E-state index contributed by atoms with van der Waals surface area (Å²) in [5.74, 6) is 0.467. The number of aliphatic carboxylic acids is 1. The summed E-state index contributed by atoms with van der Waals surface area (Å²) >= 11 is 7.47. The average Bonchev–Trinajstić information content (AvgIpc) is 3.04. The molecule has 2 aromatic heterocycles. The first-order valence-electron chi connectivity index (χ1n) is 8.46. The number of rotatable bonds is 8. The number of allylic oxidation sites excluding steroid dienone is 3. The molecule has 0 bridgehead atoms. The van der Waals surface area contributed by atoms with Crippen molar-refractivity contribution in [2.75, 3.05) is 5.32 Å². The highest BCUT2D eigenvalue weighted by molar-refractivity contribution is 7.19. The summed E-state index contributed by atoms with van der Waals surface area (Å²) in [6.45, 7) is 9.60. The molecule has 0 atom stereocenters. The van der Waals surface area contributed by atoms with Crippen molar-refractivity contribution in [3.05, 3.63) is 63.8 Å². The third-order valence-corrected chi connectivity index (χ3v) is 5.05. The SMILES string of the molecule is C=C/C(=C\C=C(/C)CC(=O)O)Nc1nc(-c2ccc(Cl)s2)nc(C)c1CC. The number of hydrogen-bond donors (Lipinski definition) is 2. The number of carboxylic acids is 1. The Hall–Kier alpha value is -2.44. The maximum atomic E-state index is 10.8. The molecule has 2 N–H and O–H groups in total. The molecular formula is C20H22ClN3O2S. The molecule has 27 heavy (non-hydrogen) atoms. The van der Waals surface area contributed by atoms with Gasteiger partial charge in [0.25, 0.3) is 0 Å². The van der Waals surface area contributed by atoms with Gasteiger partial charge in [-0.25, -0.2) is 9.97 Å². The predicted octanol–water partition coefficient (Wildman–Crippen LogP) is 5.63. The van der Waals surface area contributed by atoms with Crippen LogP contribution in [0.1, 0.15) is 31.5 Å². The van der Waals surface area contributed by atoms with Crippen molar-refractivity contribution in [1.82, 2.24) is 9.97 Å². The maximum absolute atomic E-state index is 10.8. The molecule has 2 rings (SSSR count). The first kappa shape index (κ1) is 20.9. The Morgan fingerprint density at radius 2 is 2.11 bits per heavy atom. The second-order valence-electron chi connectivity index (χ2n) is 5.95. The van der Waals surface area contributed by atoms with Crippen LogP contribution in [0.5, 0.6) is 0 Å². The Morgan fingerprint density at radius 3 is 2.67 bits per heavy atom. The molecule has 2 aromatic rings. The molecule has 7 heteroatoms. The van der Waals surface area contributed by atoms with E-state index in [0.717, 1.165) is 33.8 Å². The number of nitrogens with one attached hydrogen (secondary N) is 1. The van der Waals surface area contributed by atoms with Gasteiger partial charge in [-0.05, 0) is 44.6 Å². The molecule has 142 valence electrons. The van der Waals surface area contributed by atoms with Crippen LogP contribution >= 0.6 is 22.9 Å². The Kier molecular flexibility index (Phi) is 7.33. The van der Waals surface area contributed by atoms with Crippen LogP contribution in [0.3, 0.4) is 0 Å². The van der Waals surface area contributed by atoms with Crippen LogP contribution in [0.15, 0.2) is 48.2 Å². The van der Waals surface area contributed by atoms with Gasteiger partial charge >= 0.3 is 5.97 Å². The van der Waals surface area contributed by atoms with E-state index in [4.69, 9.17) is 16.7 Å². The van der Waals surface area contributed by atoms with Crippen molar-refractivity contribution in [2.24, 2.45) is 0 Å². The zero-order chi connectivity index (χ0) is 20.0. The van der Waals surface area contributed by atoms with Crippen LogP contribution < -0.4 is 5.32 Å². The first-order chi connectivity index (χ1) is 12.8. The van der Waals surface area contributed by atoms with Crippen LogP contribution in [0.25, 0.3) is 10.7 Å². The molecule has 0 aliphatic carbocycles. The zero-order valence-corrected chi connectivity index (χ0v) is 17.1. The molecule has 0 aromatic carbocycles. The van der Waals surface area contributed by atoms with Crippen LogP contribution in [-0.2, 0) is 11.2 Å². The van der Waals surface area contributed by atoms with E-state index in [1.54, 1.807) is 25.2 Å². The largest absolute Gasteiger partial charge is 0.481 e. The van der Waals surface area contributed by atoms with Gasteiger partial charge < -0.3 is 10.4 Å².